The third-order valence-corrected chi connectivity index (χ3v) is 4.68. The van der Waals surface area contributed by atoms with E-state index in [1.54, 1.807) is 11.3 Å². The summed E-state index contributed by atoms with van der Waals surface area (Å²) in [6.07, 6.45) is 1.97. The third-order valence-electron chi connectivity index (χ3n) is 2.48. The Morgan fingerprint density at radius 1 is 1.56 bits per heavy atom. The van der Waals surface area contributed by atoms with Crippen LogP contribution in [0.2, 0.25) is 0 Å². The standard InChI is InChI=1S/C11H14BrN3S/c1-7-6-9(16-11(7)12)10(13-2)8-4-5-15(3)14-8/h4-6,10,13H,1-3H3. The smallest absolute Gasteiger partial charge is 0.0861 e. The first-order valence-electron chi connectivity index (χ1n) is 5.04. The van der Waals surface area contributed by atoms with Crippen LogP contribution in [0.15, 0.2) is 22.1 Å². The van der Waals surface area contributed by atoms with Crippen LogP contribution in [-0.4, -0.2) is 16.8 Å². The highest BCUT2D eigenvalue weighted by Crippen LogP contribution is 2.33. The van der Waals surface area contributed by atoms with Crippen molar-refractivity contribution in [3.63, 3.8) is 0 Å². The number of hydrogen-bond acceptors (Lipinski definition) is 3. The highest BCUT2D eigenvalue weighted by molar-refractivity contribution is 9.11. The molecule has 1 atom stereocenters. The molecule has 3 nitrogen and oxygen atoms in total. The van der Waals surface area contributed by atoms with E-state index in [2.05, 4.69) is 39.3 Å². The van der Waals surface area contributed by atoms with Crippen molar-refractivity contribution >= 4 is 27.3 Å². The van der Waals surface area contributed by atoms with Gasteiger partial charge in [-0.05, 0) is 47.6 Å². The zero-order chi connectivity index (χ0) is 11.7. The Hall–Kier alpha value is -0.650. The summed E-state index contributed by atoms with van der Waals surface area (Å²) in [5.41, 5.74) is 2.33. The van der Waals surface area contributed by atoms with Gasteiger partial charge in [-0.3, -0.25) is 4.68 Å². The minimum atomic E-state index is 0.177. The lowest BCUT2D eigenvalue weighted by atomic mass is 10.1. The predicted octanol–water partition coefficient (Wildman–Crippen LogP) is 2.86. The van der Waals surface area contributed by atoms with Gasteiger partial charge in [0.1, 0.15) is 0 Å². The van der Waals surface area contributed by atoms with E-state index in [9.17, 15) is 0 Å². The lowest BCUT2D eigenvalue weighted by molar-refractivity contribution is 0.650. The van der Waals surface area contributed by atoms with E-state index in [0.29, 0.717) is 0 Å². The summed E-state index contributed by atoms with van der Waals surface area (Å²) in [5.74, 6) is 0. The second-order valence-corrected chi connectivity index (χ2v) is 6.14. The fourth-order valence-corrected chi connectivity index (χ4v) is 3.34. The molecule has 0 radical (unpaired) electrons. The molecule has 0 spiro atoms. The van der Waals surface area contributed by atoms with Gasteiger partial charge in [0.15, 0.2) is 0 Å². The number of nitrogens with one attached hydrogen (secondary N) is 1. The van der Waals surface area contributed by atoms with Gasteiger partial charge in [-0.25, -0.2) is 0 Å². The molecule has 2 aromatic heterocycles. The molecular formula is C11H14BrN3S. The molecule has 0 saturated heterocycles. The Labute approximate surface area is 108 Å². The molecule has 1 unspecified atom stereocenters. The van der Waals surface area contributed by atoms with E-state index in [1.165, 1.54) is 14.2 Å². The van der Waals surface area contributed by atoms with Crippen molar-refractivity contribution in [3.8, 4) is 0 Å². The number of hydrogen-bond donors (Lipinski definition) is 1. The fourth-order valence-electron chi connectivity index (χ4n) is 1.65. The van der Waals surface area contributed by atoms with Crippen molar-refractivity contribution in [2.24, 2.45) is 7.05 Å². The molecule has 1 N–H and O–H groups in total. The maximum absolute atomic E-state index is 4.44. The van der Waals surface area contributed by atoms with Crippen molar-refractivity contribution in [2.45, 2.75) is 13.0 Å². The fraction of sp³-hybridized carbons (Fsp3) is 0.364. The largest absolute Gasteiger partial charge is 0.307 e. The molecule has 2 rings (SSSR count). The van der Waals surface area contributed by atoms with E-state index in [0.717, 1.165) is 5.69 Å². The number of halogens is 1. The summed E-state index contributed by atoms with van der Waals surface area (Å²) >= 11 is 5.31. The van der Waals surface area contributed by atoms with Gasteiger partial charge in [0.25, 0.3) is 0 Å². The van der Waals surface area contributed by atoms with Crippen LogP contribution < -0.4 is 5.32 Å². The average molecular weight is 300 g/mol. The van der Waals surface area contributed by atoms with Crippen molar-refractivity contribution in [1.82, 2.24) is 15.1 Å². The maximum atomic E-state index is 4.44. The molecule has 86 valence electrons. The zero-order valence-electron chi connectivity index (χ0n) is 9.49. The summed E-state index contributed by atoms with van der Waals surface area (Å²) < 4.78 is 3.02. The molecule has 2 aromatic rings. The minimum absolute atomic E-state index is 0.177. The van der Waals surface area contributed by atoms with Crippen molar-refractivity contribution in [2.75, 3.05) is 7.05 Å². The second kappa shape index (κ2) is 4.69. The Bertz CT molecular complexity index is 470. The van der Waals surface area contributed by atoms with Gasteiger partial charge < -0.3 is 5.32 Å². The summed E-state index contributed by atoms with van der Waals surface area (Å²) in [6.45, 7) is 2.11. The Balaban J connectivity index is 2.36. The number of thiophene rings is 1. The summed E-state index contributed by atoms with van der Waals surface area (Å²) in [4.78, 5) is 1.28. The van der Waals surface area contributed by atoms with E-state index >= 15 is 0 Å². The molecule has 0 saturated carbocycles. The topological polar surface area (TPSA) is 29.9 Å². The predicted molar refractivity (Wildman–Crippen MR) is 70.9 cm³/mol. The molecule has 0 aliphatic carbocycles. The zero-order valence-corrected chi connectivity index (χ0v) is 11.9. The molecule has 0 aliphatic rings. The first-order chi connectivity index (χ1) is 7.61. The van der Waals surface area contributed by atoms with Crippen LogP contribution in [0.3, 0.4) is 0 Å². The number of aryl methyl sites for hydroxylation is 2. The Morgan fingerprint density at radius 2 is 2.31 bits per heavy atom. The van der Waals surface area contributed by atoms with Crippen molar-refractivity contribution in [1.29, 1.82) is 0 Å². The summed E-state index contributed by atoms with van der Waals surface area (Å²) in [7, 11) is 3.90. The summed E-state index contributed by atoms with van der Waals surface area (Å²) in [6, 6.07) is 4.42. The average Bonchev–Trinajstić information content (AvgIpc) is 2.77. The summed E-state index contributed by atoms with van der Waals surface area (Å²) in [5, 5.41) is 7.74. The van der Waals surface area contributed by atoms with E-state index in [-0.39, 0.29) is 6.04 Å². The van der Waals surface area contributed by atoms with Crippen LogP contribution >= 0.6 is 27.3 Å². The van der Waals surface area contributed by atoms with Crippen molar-refractivity contribution in [3.05, 3.63) is 38.3 Å². The highest BCUT2D eigenvalue weighted by atomic mass is 79.9. The van der Waals surface area contributed by atoms with Gasteiger partial charge in [0, 0.05) is 18.1 Å². The van der Waals surface area contributed by atoms with Gasteiger partial charge in [0.05, 0.1) is 15.5 Å². The van der Waals surface area contributed by atoms with Crippen LogP contribution in [-0.2, 0) is 7.05 Å². The maximum Gasteiger partial charge on any atom is 0.0861 e. The third kappa shape index (κ3) is 2.21. The van der Waals surface area contributed by atoms with Gasteiger partial charge in [0.2, 0.25) is 0 Å². The molecule has 0 fully saturated rings. The van der Waals surface area contributed by atoms with Crippen LogP contribution in [0, 0.1) is 6.92 Å². The normalized spacial score (nSPS) is 13.0. The minimum Gasteiger partial charge on any atom is -0.307 e. The van der Waals surface area contributed by atoms with Gasteiger partial charge in [-0.1, -0.05) is 0 Å². The van der Waals surface area contributed by atoms with Gasteiger partial charge in [-0.15, -0.1) is 11.3 Å². The SMILES string of the molecule is CNC(c1ccn(C)n1)c1cc(C)c(Br)s1. The lowest BCUT2D eigenvalue weighted by Gasteiger charge is -2.11. The van der Waals surface area contributed by atoms with Crippen LogP contribution in [0.4, 0.5) is 0 Å². The molecule has 0 aromatic carbocycles. The lowest BCUT2D eigenvalue weighted by Crippen LogP contribution is -2.17. The van der Waals surface area contributed by atoms with Crippen LogP contribution in [0.25, 0.3) is 0 Å². The monoisotopic (exact) mass is 299 g/mol. The molecule has 5 heteroatoms. The molecule has 0 amide bonds. The van der Waals surface area contributed by atoms with Crippen LogP contribution in [0.1, 0.15) is 22.2 Å². The molecular weight excluding hydrogens is 286 g/mol. The quantitative estimate of drug-likeness (QED) is 0.944. The Morgan fingerprint density at radius 3 is 2.75 bits per heavy atom. The molecule has 16 heavy (non-hydrogen) atoms. The Kier molecular flexibility index (Phi) is 3.47. The first-order valence-corrected chi connectivity index (χ1v) is 6.65. The van der Waals surface area contributed by atoms with Crippen molar-refractivity contribution < 1.29 is 0 Å². The van der Waals surface area contributed by atoms with Crippen LogP contribution in [0.5, 0.6) is 0 Å². The second-order valence-electron chi connectivity index (χ2n) is 3.74. The molecule has 0 aliphatic heterocycles. The molecule has 2 heterocycles. The number of rotatable bonds is 3. The highest BCUT2D eigenvalue weighted by Gasteiger charge is 2.17. The number of aromatic nitrogens is 2. The van der Waals surface area contributed by atoms with Gasteiger partial charge >= 0.3 is 0 Å². The van der Waals surface area contributed by atoms with E-state index < -0.39 is 0 Å². The van der Waals surface area contributed by atoms with E-state index in [4.69, 9.17) is 0 Å². The first kappa shape index (κ1) is 11.8. The number of nitrogens with zero attached hydrogens (tertiary/aromatic N) is 2. The molecule has 0 bridgehead atoms. The van der Waals surface area contributed by atoms with E-state index in [1.807, 2.05) is 31.0 Å². The van der Waals surface area contributed by atoms with Gasteiger partial charge in [-0.2, -0.15) is 5.10 Å².